The van der Waals surface area contributed by atoms with Crippen molar-refractivity contribution >= 4 is 27.5 Å². The predicted molar refractivity (Wildman–Crippen MR) is 76.6 cm³/mol. The molecule has 1 amide bonds. The summed E-state index contributed by atoms with van der Waals surface area (Å²) in [5.74, 6) is 1.18. The van der Waals surface area contributed by atoms with Crippen molar-refractivity contribution in [2.45, 2.75) is 13.8 Å². The van der Waals surface area contributed by atoms with Crippen LogP contribution in [0.3, 0.4) is 0 Å². The SMILES string of the molecule is CC(C)(CN)C(=O)Nc1cc2c(cc1Br)OCCO2. The van der Waals surface area contributed by atoms with Gasteiger partial charge in [0.1, 0.15) is 13.2 Å². The molecule has 1 aromatic carbocycles. The molecule has 0 saturated heterocycles. The van der Waals surface area contributed by atoms with Gasteiger partial charge in [0, 0.05) is 23.2 Å². The zero-order chi connectivity index (χ0) is 14.0. The summed E-state index contributed by atoms with van der Waals surface area (Å²) in [4.78, 5) is 12.1. The van der Waals surface area contributed by atoms with Crippen LogP contribution in [0.25, 0.3) is 0 Å². The van der Waals surface area contributed by atoms with E-state index in [1.165, 1.54) is 0 Å². The van der Waals surface area contributed by atoms with Crippen molar-refractivity contribution in [2.75, 3.05) is 25.1 Å². The lowest BCUT2D eigenvalue weighted by molar-refractivity contribution is -0.123. The second kappa shape index (κ2) is 5.38. The van der Waals surface area contributed by atoms with Crippen LogP contribution in [0.4, 0.5) is 5.69 Å². The molecule has 0 radical (unpaired) electrons. The quantitative estimate of drug-likeness (QED) is 0.891. The minimum atomic E-state index is -0.618. The van der Waals surface area contributed by atoms with Crippen LogP contribution < -0.4 is 20.5 Å². The maximum absolute atomic E-state index is 12.1. The highest BCUT2D eigenvalue weighted by Crippen LogP contribution is 2.38. The summed E-state index contributed by atoms with van der Waals surface area (Å²) in [6, 6.07) is 3.54. The van der Waals surface area contributed by atoms with Crippen molar-refractivity contribution in [1.82, 2.24) is 0 Å². The fourth-order valence-electron chi connectivity index (χ4n) is 1.54. The first-order valence-electron chi connectivity index (χ1n) is 6.05. The van der Waals surface area contributed by atoms with Crippen molar-refractivity contribution in [3.05, 3.63) is 16.6 Å². The molecule has 0 bridgehead atoms. The molecule has 0 aromatic heterocycles. The second-order valence-corrected chi connectivity index (χ2v) is 5.87. The van der Waals surface area contributed by atoms with E-state index in [1.807, 2.05) is 0 Å². The number of benzene rings is 1. The van der Waals surface area contributed by atoms with Crippen LogP contribution in [0.15, 0.2) is 16.6 Å². The number of rotatable bonds is 3. The Balaban J connectivity index is 2.24. The Labute approximate surface area is 120 Å². The Morgan fingerprint density at radius 3 is 2.53 bits per heavy atom. The monoisotopic (exact) mass is 328 g/mol. The summed E-state index contributed by atoms with van der Waals surface area (Å²) >= 11 is 3.41. The third kappa shape index (κ3) is 3.01. The Bertz CT molecular complexity index is 503. The fourth-order valence-corrected chi connectivity index (χ4v) is 1.97. The van der Waals surface area contributed by atoms with Gasteiger partial charge in [0.15, 0.2) is 11.5 Å². The number of hydrogen-bond donors (Lipinski definition) is 2. The van der Waals surface area contributed by atoms with Crippen LogP contribution in [0.2, 0.25) is 0 Å². The van der Waals surface area contributed by atoms with Crippen molar-refractivity contribution in [2.24, 2.45) is 11.1 Å². The van der Waals surface area contributed by atoms with Gasteiger partial charge in [-0.2, -0.15) is 0 Å². The summed E-state index contributed by atoms with van der Waals surface area (Å²) in [6.45, 7) is 4.92. The van der Waals surface area contributed by atoms with E-state index in [0.29, 0.717) is 30.4 Å². The van der Waals surface area contributed by atoms with E-state index < -0.39 is 5.41 Å². The number of carbonyl (C=O) groups excluding carboxylic acids is 1. The highest BCUT2D eigenvalue weighted by molar-refractivity contribution is 9.10. The lowest BCUT2D eigenvalue weighted by Gasteiger charge is -2.23. The molecule has 1 aromatic rings. The van der Waals surface area contributed by atoms with Gasteiger partial charge in [0.2, 0.25) is 5.91 Å². The molecule has 2 rings (SSSR count). The van der Waals surface area contributed by atoms with Crippen LogP contribution in [0.5, 0.6) is 11.5 Å². The van der Waals surface area contributed by atoms with Gasteiger partial charge in [-0.1, -0.05) is 0 Å². The summed E-state index contributed by atoms with van der Waals surface area (Å²) in [5.41, 5.74) is 5.62. The number of hydrogen-bond acceptors (Lipinski definition) is 4. The molecular weight excluding hydrogens is 312 g/mol. The van der Waals surface area contributed by atoms with Gasteiger partial charge < -0.3 is 20.5 Å². The van der Waals surface area contributed by atoms with Gasteiger partial charge in [0.05, 0.1) is 11.1 Å². The molecule has 0 spiro atoms. The number of halogens is 1. The zero-order valence-electron chi connectivity index (χ0n) is 11.0. The first kappa shape index (κ1) is 14.1. The molecule has 6 heteroatoms. The summed E-state index contributed by atoms with van der Waals surface area (Å²) < 4.78 is 11.7. The Hall–Kier alpha value is -1.27. The molecular formula is C13H17BrN2O3. The van der Waals surface area contributed by atoms with Crippen LogP contribution >= 0.6 is 15.9 Å². The average molecular weight is 329 g/mol. The Kier molecular flexibility index (Phi) is 4.01. The normalized spacial score (nSPS) is 14.1. The van der Waals surface area contributed by atoms with Crippen molar-refractivity contribution in [3.63, 3.8) is 0 Å². The minimum Gasteiger partial charge on any atom is -0.486 e. The molecule has 0 atom stereocenters. The Morgan fingerprint density at radius 2 is 1.95 bits per heavy atom. The van der Waals surface area contributed by atoms with Gasteiger partial charge in [0.25, 0.3) is 0 Å². The van der Waals surface area contributed by atoms with Crippen LogP contribution in [-0.2, 0) is 4.79 Å². The zero-order valence-corrected chi connectivity index (χ0v) is 12.5. The molecule has 1 aliphatic heterocycles. The van der Waals surface area contributed by atoms with Crippen LogP contribution in [0, 0.1) is 5.41 Å². The number of fused-ring (bicyclic) bond motifs is 1. The number of nitrogens with one attached hydrogen (secondary N) is 1. The molecule has 5 nitrogen and oxygen atoms in total. The highest BCUT2D eigenvalue weighted by atomic mass is 79.9. The van der Waals surface area contributed by atoms with E-state index in [2.05, 4.69) is 21.2 Å². The van der Waals surface area contributed by atoms with Crippen LogP contribution in [-0.4, -0.2) is 25.7 Å². The lowest BCUT2D eigenvalue weighted by atomic mass is 9.92. The third-order valence-corrected chi connectivity index (χ3v) is 3.66. The standard InChI is InChI=1S/C13H17BrN2O3/c1-13(2,7-15)12(17)16-9-6-11-10(5-8(9)14)18-3-4-19-11/h5-6H,3-4,7,15H2,1-2H3,(H,16,17). The van der Waals surface area contributed by atoms with E-state index in [1.54, 1.807) is 26.0 Å². The summed E-state index contributed by atoms with van der Waals surface area (Å²) in [7, 11) is 0. The van der Waals surface area contributed by atoms with Gasteiger partial charge in [-0.3, -0.25) is 4.79 Å². The molecule has 1 aliphatic rings. The van der Waals surface area contributed by atoms with E-state index >= 15 is 0 Å². The summed E-state index contributed by atoms with van der Waals surface area (Å²) in [5, 5.41) is 2.85. The van der Waals surface area contributed by atoms with Crippen molar-refractivity contribution in [1.29, 1.82) is 0 Å². The molecule has 0 unspecified atom stereocenters. The summed E-state index contributed by atoms with van der Waals surface area (Å²) in [6.07, 6.45) is 0. The molecule has 1 heterocycles. The minimum absolute atomic E-state index is 0.132. The maximum Gasteiger partial charge on any atom is 0.231 e. The molecule has 3 N–H and O–H groups in total. The molecule has 19 heavy (non-hydrogen) atoms. The van der Waals surface area contributed by atoms with E-state index in [9.17, 15) is 4.79 Å². The second-order valence-electron chi connectivity index (χ2n) is 5.02. The Morgan fingerprint density at radius 1 is 1.37 bits per heavy atom. The number of ether oxygens (including phenoxy) is 2. The predicted octanol–water partition coefficient (Wildman–Crippen LogP) is 2.14. The van der Waals surface area contributed by atoms with E-state index in [4.69, 9.17) is 15.2 Å². The van der Waals surface area contributed by atoms with Gasteiger partial charge >= 0.3 is 0 Å². The third-order valence-electron chi connectivity index (χ3n) is 3.01. The van der Waals surface area contributed by atoms with E-state index in [-0.39, 0.29) is 12.5 Å². The first-order valence-corrected chi connectivity index (χ1v) is 6.84. The average Bonchev–Trinajstić information content (AvgIpc) is 2.39. The van der Waals surface area contributed by atoms with E-state index in [0.717, 1.165) is 4.47 Å². The number of amides is 1. The molecule has 0 saturated carbocycles. The van der Waals surface area contributed by atoms with Crippen molar-refractivity contribution in [3.8, 4) is 11.5 Å². The van der Waals surface area contributed by atoms with Crippen LogP contribution in [0.1, 0.15) is 13.8 Å². The fraction of sp³-hybridized carbons (Fsp3) is 0.462. The molecule has 0 aliphatic carbocycles. The molecule has 104 valence electrons. The largest absolute Gasteiger partial charge is 0.486 e. The topological polar surface area (TPSA) is 73.6 Å². The van der Waals surface area contributed by atoms with Gasteiger partial charge in [-0.25, -0.2) is 0 Å². The first-order chi connectivity index (χ1) is 8.94. The van der Waals surface area contributed by atoms with Gasteiger partial charge in [-0.05, 0) is 29.8 Å². The molecule has 0 fully saturated rings. The number of nitrogens with two attached hydrogens (primary N) is 1. The maximum atomic E-state index is 12.1. The highest BCUT2D eigenvalue weighted by Gasteiger charge is 2.27. The van der Waals surface area contributed by atoms with Crippen molar-refractivity contribution < 1.29 is 14.3 Å². The smallest absolute Gasteiger partial charge is 0.231 e. The van der Waals surface area contributed by atoms with Gasteiger partial charge in [-0.15, -0.1) is 0 Å². The number of anilines is 1. The lowest BCUT2D eigenvalue weighted by Crippen LogP contribution is -2.37. The number of carbonyl (C=O) groups is 1.